The van der Waals surface area contributed by atoms with Crippen LogP contribution in [-0.4, -0.2) is 11.5 Å². The second kappa shape index (κ2) is 6.76. The molecule has 0 amide bonds. The first kappa shape index (κ1) is 15.6. The molecule has 0 spiro atoms. The largest absolute Gasteiger partial charge is 0.306 e. The summed E-state index contributed by atoms with van der Waals surface area (Å²) in [5, 5.41) is 3.30. The van der Waals surface area contributed by atoms with Crippen LogP contribution < -0.4 is 5.32 Å². The van der Waals surface area contributed by atoms with Crippen molar-refractivity contribution in [3.05, 3.63) is 64.5 Å². The molecule has 0 aliphatic rings. The fourth-order valence-corrected chi connectivity index (χ4v) is 2.37. The zero-order chi connectivity index (χ0) is 15.4. The van der Waals surface area contributed by atoms with Crippen LogP contribution in [0.2, 0.25) is 0 Å². The van der Waals surface area contributed by atoms with E-state index >= 15 is 0 Å². The minimum Gasteiger partial charge on any atom is -0.306 e. The van der Waals surface area contributed by atoms with E-state index in [0.717, 1.165) is 24.1 Å². The van der Waals surface area contributed by atoms with E-state index in [1.165, 1.54) is 0 Å². The number of hydrogen-bond acceptors (Lipinski definition) is 2. The summed E-state index contributed by atoms with van der Waals surface area (Å²) in [7, 11) is 0. The molecule has 4 heteroatoms. The Morgan fingerprint density at radius 2 is 1.81 bits per heavy atom. The minimum atomic E-state index is -0.778. The summed E-state index contributed by atoms with van der Waals surface area (Å²) < 4.78 is 28.2. The molecule has 2 aromatic rings. The molecule has 1 N–H and O–H groups in total. The maximum Gasteiger partial charge on any atom is 0.164 e. The molecule has 2 nitrogen and oxygen atoms in total. The molecular weight excluding hydrogens is 270 g/mol. The van der Waals surface area contributed by atoms with Crippen molar-refractivity contribution in [1.29, 1.82) is 0 Å². The van der Waals surface area contributed by atoms with Gasteiger partial charge in [-0.1, -0.05) is 19.1 Å². The predicted octanol–water partition coefficient (Wildman–Crippen LogP) is 4.07. The molecule has 0 aliphatic heterocycles. The monoisotopic (exact) mass is 290 g/mol. The number of nitrogens with one attached hydrogen (secondary N) is 1. The lowest BCUT2D eigenvalue weighted by molar-refractivity contribution is 0.475. The van der Waals surface area contributed by atoms with E-state index < -0.39 is 11.6 Å². The first-order valence-electron chi connectivity index (χ1n) is 7.14. The Morgan fingerprint density at radius 3 is 2.48 bits per heavy atom. The number of halogens is 2. The number of aryl methyl sites for hydroxylation is 2. The van der Waals surface area contributed by atoms with Gasteiger partial charge < -0.3 is 5.32 Å². The van der Waals surface area contributed by atoms with Crippen molar-refractivity contribution >= 4 is 0 Å². The lowest BCUT2D eigenvalue weighted by Crippen LogP contribution is -2.25. The Morgan fingerprint density at radius 1 is 1.05 bits per heavy atom. The molecule has 0 aliphatic carbocycles. The van der Waals surface area contributed by atoms with Gasteiger partial charge in [-0.25, -0.2) is 8.78 Å². The quantitative estimate of drug-likeness (QED) is 0.898. The van der Waals surface area contributed by atoms with Crippen LogP contribution in [-0.2, 0) is 0 Å². The van der Waals surface area contributed by atoms with Crippen molar-refractivity contribution in [3.63, 3.8) is 0 Å². The van der Waals surface area contributed by atoms with Gasteiger partial charge in [0.05, 0.1) is 6.04 Å². The van der Waals surface area contributed by atoms with Gasteiger partial charge in [-0.05, 0) is 49.6 Å². The number of hydrogen-bond donors (Lipinski definition) is 1. The standard InChI is InChI=1S/C17H20F2N2/c1-4-8-21-17(13-7-9-20-10-12(13)3)14-6-5-11(2)15(18)16(14)19/h5-7,9-10,17,21H,4,8H2,1-3H3. The zero-order valence-electron chi connectivity index (χ0n) is 12.6. The van der Waals surface area contributed by atoms with Gasteiger partial charge in [-0.2, -0.15) is 0 Å². The Balaban J connectivity index is 2.51. The number of benzene rings is 1. The van der Waals surface area contributed by atoms with Crippen LogP contribution in [0.15, 0.2) is 30.6 Å². The van der Waals surface area contributed by atoms with Gasteiger partial charge in [0.1, 0.15) is 0 Å². The SMILES string of the molecule is CCCNC(c1ccncc1C)c1ccc(C)c(F)c1F. The van der Waals surface area contributed by atoms with Crippen molar-refractivity contribution in [2.45, 2.75) is 33.2 Å². The highest BCUT2D eigenvalue weighted by Crippen LogP contribution is 2.28. The molecule has 2 rings (SSSR count). The fraction of sp³-hybridized carbons (Fsp3) is 0.353. The van der Waals surface area contributed by atoms with E-state index in [-0.39, 0.29) is 6.04 Å². The van der Waals surface area contributed by atoms with Gasteiger partial charge in [0, 0.05) is 18.0 Å². The van der Waals surface area contributed by atoms with Crippen LogP contribution in [0.3, 0.4) is 0 Å². The summed E-state index contributed by atoms with van der Waals surface area (Å²) in [5.74, 6) is -1.55. The second-order valence-electron chi connectivity index (χ2n) is 5.22. The van der Waals surface area contributed by atoms with Gasteiger partial charge in [0.2, 0.25) is 0 Å². The minimum absolute atomic E-state index is 0.317. The lowest BCUT2D eigenvalue weighted by atomic mass is 9.94. The fourth-order valence-electron chi connectivity index (χ4n) is 2.37. The Bertz CT molecular complexity index is 626. The summed E-state index contributed by atoms with van der Waals surface area (Å²) in [5.41, 5.74) is 2.52. The van der Waals surface area contributed by atoms with E-state index in [2.05, 4.69) is 10.3 Å². The summed E-state index contributed by atoms with van der Waals surface area (Å²) in [4.78, 5) is 4.06. The van der Waals surface area contributed by atoms with Crippen LogP contribution >= 0.6 is 0 Å². The molecule has 21 heavy (non-hydrogen) atoms. The van der Waals surface area contributed by atoms with Gasteiger partial charge in [0.15, 0.2) is 11.6 Å². The number of aromatic nitrogens is 1. The smallest absolute Gasteiger partial charge is 0.164 e. The van der Waals surface area contributed by atoms with E-state index in [1.807, 2.05) is 19.9 Å². The molecule has 1 unspecified atom stereocenters. The third kappa shape index (κ3) is 3.27. The van der Waals surface area contributed by atoms with E-state index in [9.17, 15) is 8.78 Å². The van der Waals surface area contributed by atoms with Crippen molar-refractivity contribution in [1.82, 2.24) is 10.3 Å². The van der Waals surface area contributed by atoms with Crippen molar-refractivity contribution in [2.24, 2.45) is 0 Å². The Hall–Kier alpha value is -1.81. The van der Waals surface area contributed by atoms with Gasteiger partial charge in [-0.3, -0.25) is 4.98 Å². The molecule has 1 atom stereocenters. The van der Waals surface area contributed by atoms with Crippen molar-refractivity contribution in [2.75, 3.05) is 6.54 Å². The van der Waals surface area contributed by atoms with Crippen LogP contribution in [0, 0.1) is 25.5 Å². The molecule has 0 fully saturated rings. The van der Waals surface area contributed by atoms with E-state index in [0.29, 0.717) is 11.1 Å². The normalized spacial score (nSPS) is 12.4. The molecule has 1 heterocycles. The maximum absolute atomic E-state index is 14.3. The topological polar surface area (TPSA) is 24.9 Å². The zero-order valence-corrected chi connectivity index (χ0v) is 12.6. The van der Waals surface area contributed by atoms with E-state index in [1.54, 1.807) is 31.5 Å². The van der Waals surface area contributed by atoms with Crippen LogP contribution in [0.4, 0.5) is 8.78 Å². The third-order valence-electron chi connectivity index (χ3n) is 3.59. The number of rotatable bonds is 5. The summed E-state index contributed by atoms with van der Waals surface area (Å²) in [6.45, 7) is 6.25. The summed E-state index contributed by atoms with van der Waals surface area (Å²) in [6, 6.07) is 4.74. The molecule has 0 saturated carbocycles. The summed E-state index contributed by atoms with van der Waals surface area (Å²) in [6.07, 6.45) is 4.32. The highest BCUT2D eigenvalue weighted by Gasteiger charge is 2.21. The second-order valence-corrected chi connectivity index (χ2v) is 5.22. The van der Waals surface area contributed by atoms with Crippen LogP contribution in [0.1, 0.15) is 41.6 Å². The van der Waals surface area contributed by atoms with Crippen molar-refractivity contribution in [3.8, 4) is 0 Å². The van der Waals surface area contributed by atoms with Crippen molar-refractivity contribution < 1.29 is 8.78 Å². The molecule has 1 aromatic heterocycles. The molecule has 0 bridgehead atoms. The van der Waals surface area contributed by atoms with E-state index in [4.69, 9.17) is 0 Å². The first-order valence-corrected chi connectivity index (χ1v) is 7.14. The Labute approximate surface area is 124 Å². The molecular formula is C17H20F2N2. The molecule has 1 aromatic carbocycles. The lowest BCUT2D eigenvalue weighted by Gasteiger charge is -2.22. The van der Waals surface area contributed by atoms with Gasteiger partial charge >= 0.3 is 0 Å². The molecule has 112 valence electrons. The number of nitrogens with zero attached hydrogens (tertiary/aromatic N) is 1. The van der Waals surface area contributed by atoms with Crippen LogP contribution in [0.5, 0.6) is 0 Å². The average molecular weight is 290 g/mol. The average Bonchev–Trinajstić information content (AvgIpc) is 2.48. The third-order valence-corrected chi connectivity index (χ3v) is 3.59. The number of pyridine rings is 1. The molecule has 0 saturated heterocycles. The highest BCUT2D eigenvalue weighted by atomic mass is 19.2. The first-order chi connectivity index (χ1) is 10.1. The Kier molecular flexibility index (Phi) is 5.02. The van der Waals surface area contributed by atoms with Gasteiger partial charge in [0.25, 0.3) is 0 Å². The molecule has 0 radical (unpaired) electrons. The van der Waals surface area contributed by atoms with Gasteiger partial charge in [-0.15, -0.1) is 0 Å². The maximum atomic E-state index is 14.3. The highest BCUT2D eigenvalue weighted by molar-refractivity contribution is 5.37. The predicted molar refractivity (Wildman–Crippen MR) is 80.2 cm³/mol. The van der Waals surface area contributed by atoms with Crippen LogP contribution in [0.25, 0.3) is 0 Å². The summed E-state index contributed by atoms with van der Waals surface area (Å²) >= 11 is 0.